The SMILES string of the molecule is CCCCCCC/C=C\C/C=C\CCCCCCCCCCCCCC(=O)NC(COP(=O)(O)OCC[N+](C)(C)C)C(O)/C=C/CCCCCCCCCCCCCC. The number of nitrogens with one attached hydrogen (secondary N) is 1. The summed E-state index contributed by atoms with van der Waals surface area (Å²) in [4.78, 5) is 23.2. The highest BCUT2D eigenvalue weighted by molar-refractivity contribution is 7.47. The molecule has 0 saturated heterocycles. The summed E-state index contributed by atoms with van der Waals surface area (Å²) in [5.74, 6) is -0.179. The number of rotatable bonds is 45. The molecule has 3 atom stereocenters. The van der Waals surface area contributed by atoms with Gasteiger partial charge in [-0.15, -0.1) is 0 Å². The molecule has 0 aromatic rings. The lowest BCUT2D eigenvalue weighted by Gasteiger charge is -2.25. The van der Waals surface area contributed by atoms with Crippen molar-refractivity contribution in [1.29, 1.82) is 0 Å². The van der Waals surface area contributed by atoms with Gasteiger partial charge in [-0.05, 0) is 51.4 Å². The predicted molar refractivity (Wildman–Crippen MR) is 254 cm³/mol. The Morgan fingerprint density at radius 1 is 0.576 bits per heavy atom. The van der Waals surface area contributed by atoms with Crippen LogP contribution in [0.3, 0.4) is 0 Å². The number of carbonyl (C=O) groups is 1. The van der Waals surface area contributed by atoms with Gasteiger partial charge in [0, 0.05) is 6.42 Å². The van der Waals surface area contributed by atoms with Gasteiger partial charge in [0.25, 0.3) is 0 Å². The summed E-state index contributed by atoms with van der Waals surface area (Å²) >= 11 is 0. The second-order valence-electron chi connectivity index (χ2n) is 18.2. The molecular formula is C50H98N2O6P+. The number of aliphatic hydroxyl groups excluding tert-OH is 1. The number of phosphoric acid groups is 1. The minimum Gasteiger partial charge on any atom is -0.387 e. The van der Waals surface area contributed by atoms with Gasteiger partial charge in [-0.25, -0.2) is 4.57 Å². The molecule has 3 N–H and O–H groups in total. The number of likely N-dealkylation sites (N-methyl/N-ethyl adjacent to an activating group) is 1. The topological polar surface area (TPSA) is 105 Å². The number of allylic oxidation sites excluding steroid dienone is 5. The van der Waals surface area contributed by atoms with Crippen LogP contribution in [0.15, 0.2) is 36.5 Å². The number of hydrogen-bond donors (Lipinski definition) is 3. The highest BCUT2D eigenvalue weighted by Crippen LogP contribution is 2.43. The minimum absolute atomic E-state index is 0.0613. The second-order valence-corrected chi connectivity index (χ2v) is 19.6. The molecule has 0 heterocycles. The van der Waals surface area contributed by atoms with Gasteiger partial charge in [-0.2, -0.15) is 0 Å². The molecule has 0 fully saturated rings. The zero-order valence-electron chi connectivity index (χ0n) is 39.5. The first-order chi connectivity index (χ1) is 28.5. The van der Waals surface area contributed by atoms with E-state index in [9.17, 15) is 19.4 Å². The zero-order valence-corrected chi connectivity index (χ0v) is 40.4. The van der Waals surface area contributed by atoms with Crippen LogP contribution in [0.4, 0.5) is 0 Å². The largest absolute Gasteiger partial charge is 0.472 e. The Balaban J connectivity index is 4.28. The van der Waals surface area contributed by atoms with Crippen LogP contribution < -0.4 is 5.32 Å². The molecule has 0 saturated carbocycles. The summed E-state index contributed by atoms with van der Waals surface area (Å²) in [6.45, 7) is 4.81. The van der Waals surface area contributed by atoms with Crippen LogP contribution in [0.25, 0.3) is 0 Å². The zero-order chi connectivity index (χ0) is 43.6. The van der Waals surface area contributed by atoms with Crippen LogP contribution in [0.2, 0.25) is 0 Å². The minimum atomic E-state index is -4.34. The van der Waals surface area contributed by atoms with E-state index >= 15 is 0 Å². The quantitative estimate of drug-likeness (QED) is 0.0244. The van der Waals surface area contributed by atoms with Crippen molar-refractivity contribution in [2.75, 3.05) is 40.9 Å². The monoisotopic (exact) mass is 854 g/mol. The smallest absolute Gasteiger partial charge is 0.387 e. The number of carbonyl (C=O) groups excluding carboxylic acids is 1. The number of quaternary nitrogens is 1. The third-order valence-corrected chi connectivity index (χ3v) is 12.1. The van der Waals surface area contributed by atoms with Crippen molar-refractivity contribution in [3.8, 4) is 0 Å². The molecule has 0 rings (SSSR count). The molecule has 8 nitrogen and oxygen atoms in total. The van der Waals surface area contributed by atoms with E-state index in [1.807, 2.05) is 27.2 Å². The van der Waals surface area contributed by atoms with Gasteiger partial charge in [0.2, 0.25) is 5.91 Å². The van der Waals surface area contributed by atoms with Gasteiger partial charge < -0.3 is 19.8 Å². The van der Waals surface area contributed by atoms with E-state index in [2.05, 4.69) is 43.5 Å². The first-order valence-corrected chi connectivity index (χ1v) is 26.4. The Hall–Kier alpha value is -1.28. The van der Waals surface area contributed by atoms with Crippen LogP contribution in [-0.4, -0.2) is 73.4 Å². The fourth-order valence-corrected chi connectivity index (χ4v) is 7.87. The number of nitrogens with zero attached hydrogens (tertiary/aromatic N) is 1. The average molecular weight is 854 g/mol. The van der Waals surface area contributed by atoms with E-state index < -0.39 is 20.0 Å². The van der Waals surface area contributed by atoms with Crippen molar-refractivity contribution >= 4 is 13.7 Å². The highest BCUT2D eigenvalue weighted by atomic mass is 31.2. The van der Waals surface area contributed by atoms with Crippen LogP contribution >= 0.6 is 7.82 Å². The third-order valence-electron chi connectivity index (χ3n) is 11.1. The van der Waals surface area contributed by atoms with Crippen LogP contribution in [-0.2, 0) is 18.4 Å². The lowest BCUT2D eigenvalue weighted by atomic mass is 10.0. The van der Waals surface area contributed by atoms with Crippen molar-refractivity contribution in [2.24, 2.45) is 0 Å². The number of unbranched alkanes of at least 4 members (excludes halogenated alkanes) is 28. The van der Waals surface area contributed by atoms with Crippen molar-refractivity contribution in [1.82, 2.24) is 5.32 Å². The number of phosphoric ester groups is 1. The maximum Gasteiger partial charge on any atom is 0.472 e. The molecular weight excluding hydrogens is 756 g/mol. The second kappa shape index (κ2) is 42.0. The van der Waals surface area contributed by atoms with Gasteiger partial charge in [0.15, 0.2) is 0 Å². The van der Waals surface area contributed by atoms with Gasteiger partial charge in [-0.1, -0.05) is 204 Å². The van der Waals surface area contributed by atoms with Gasteiger partial charge >= 0.3 is 7.82 Å². The summed E-state index contributed by atoms with van der Waals surface area (Å²) in [5.41, 5.74) is 0. The summed E-state index contributed by atoms with van der Waals surface area (Å²) in [6.07, 6.45) is 52.1. The average Bonchev–Trinajstić information content (AvgIpc) is 3.19. The Morgan fingerprint density at radius 2 is 0.966 bits per heavy atom. The van der Waals surface area contributed by atoms with E-state index in [1.54, 1.807) is 6.08 Å². The molecule has 59 heavy (non-hydrogen) atoms. The molecule has 3 unspecified atom stereocenters. The van der Waals surface area contributed by atoms with Gasteiger partial charge in [0.1, 0.15) is 13.2 Å². The maximum absolute atomic E-state index is 12.9. The van der Waals surface area contributed by atoms with E-state index in [0.29, 0.717) is 17.4 Å². The molecule has 1 amide bonds. The molecule has 348 valence electrons. The Morgan fingerprint density at radius 3 is 1.39 bits per heavy atom. The molecule has 0 aromatic carbocycles. The fourth-order valence-electron chi connectivity index (χ4n) is 7.13. The molecule has 0 aliphatic heterocycles. The van der Waals surface area contributed by atoms with Gasteiger partial charge in [0.05, 0.1) is 39.9 Å². The van der Waals surface area contributed by atoms with Crippen molar-refractivity contribution in [3.05, 3.63) is 36.5 Å². The van der Waals surface area contributed by atoms with E-state index in [4.69, 9.17) is 9.05 Å². The number of amides is 1. The maximum atomic E-state index is 12.9. The Bertz CT molecular complexity index is 1060. The Labute approximate surface area is 366 Å². The number of aliphatic hydroxyl groups is 1. The molecule has 0 bridgehead atoms. The van der Waals surface area contributed by atoms with Crippen molar-refractivity contribution in [2.45, 2.75) is 238 Å². The Kier molecular flexibility index (Phi) is 41.1. The summed E-state index contributed by atoms with van der Waals surface area (Å²) in [6, 6.07) is -0.846. The molecule has 0 aromatic heterocycles. The standard InChI is InChI=1S/C50H97N2O6P/c1-6-8-10-12-14-16-18-20-22-23-24-25-26-27-28-29-30-32-34-36-38-40-42-44-50(54)51-48(47-58-59(55,56)57-46-45-52(3,4)5)49(53)43-41-39-37-35-33-31-21-19-17-15-13-11-9-7-2/h18,20,23-24,41,43,48-49,53H,6-17,19,21-22,25-40,42,44-47H2,1-5H3,(H-,51,54,55,56)/p+1/b20-18-,24-23-,43-41+. The molecule has 0 radical (unpaired) electrons. The molecule has 0 aliphatic carbocycles. The number of hydrogen-bond acceptors (Lipinski definition) is 5. The van der Waals surface area contributed by atoms with Crippen LogP contribution in [0.5, 0.6) is 0 Å². The van der Waals surface area contributed by atoms with E-state index in [0.717, 1.165) is 44.9 Å². The summed E-state index contributed by atoms with van der Waals surface area (Å²) in [5, 5.41) is 13.9. The van der Waals surface area contributed by atoms with Crippen molar-refractivity contribution in [3.63, 3.8) is 0 Å². The summed E-state index contributed by atoms with van der Waals surface area (Å²) < 4.78 is 23.6. The first kappa shape index (κ1) is 57.7. The van der Waals surface area contributed by atoms with Crippen LogP contribution in [0, 0.1) is 0 Å². The van der Waals surface area contributed by atoms with Gasteiger partial charge in [-0.3, -0.25) is 13.8 Å². The first-order valence-electron chi connectivity index (χ1n) is 24.9. The normalized spacial score (nSPS) is 14.5. The lowest BCUT2D eigenvalue weighted by Crippen LogP contribution is -2.45. The van der Waals surface area contributed by atoms with Crippen molar-refractivity contribution < 1.29 is 32.9 Å². The predicted octanol–water partition coefficient (Wildman–Crippen LogP) is 14.3. The van der Waals surface area contributed by atoms with E-state index in [-0.39, 0.29) is 19.1 Å². The molecule has 0 aliphatic rings. The molecule has 0 spiro atoms. The third kappa shape index (κ3) is 44.6. The highest BCUT2D eigenvalue weighted by Gasteiger charge is 2.27. The fraction of sp³-hybridized carbons (Fsp3) is 0.860. The molecule has 9 heteroatoms. The van der Waals surface area contributed by atoms with Crippen LogP contribution in [0.1, 0.15) is 226 Å². The lowest BCUT2D eigenvalue weighted by molar-refractivity contribution is -0.870. The van der Waals surface area contributed by atoms with E-state index in [1.165, 1.54) is 161 Å². The summed E-state index contributed by atoms with van der Waals surface area (Å²) in [7, 11) is 1.57.